The number of nitrogens with one attached hydrogen (secondary N) is 1. The third-order valence-electron chi connectivity index (χ3n) is 4.70. The topological polar surface area (TPSA) is 75.5 Å². The molecule has 0 aliphatic carbocycles. The standard InChI is InChI=1S/C19H16FN5O2/c20-12-4-5-13-14(11-12)22-18(21-13)17-16(19(26)24-7-9-27-10-8-24)23-15-3-1-2-6-25(15)17/h1-6,11H,7-10H2,(H,21,22). The number of imidazole rings is 2. The molecule has 1 aliphatic heterocycles. The molecule has 8 heteroatoms. The molecule has 1 aromatic carbocycles. The van der Waals surface area contributed by atoms with Crippen molar-refractivity contribution in [2.45, 2.75) is 0 Å². The van der Waals surface area contributed by atoms with Crippen molar-refractivity contribution in [3.8, 4) is 11.5 Å². The molecule has 0 saturated carbocycles. The van der Waals surface area contributed by atoms with Crippen molar-refractivity contribution >= 4 is 22.6 Å². The number of carbonyl (C=O) groups excluding carboxylic acids is 1. The quantitative estimate of drug-likeness (QED) is 0.592. The van der Waals surface area contributed by atoms with Crippen LogP contribution in [0.3, 0.4) is 0 Å². The summed E-state index contributed by atoms with van der Waals surface area (Å²) in [5.41, 5.74) is 2.74. The van der Waals surface area contributed by atoms with E-state index in [1.54, 1.807) is 11.0 Å². The van der Waals surface area contributed by atoms with Gasteiger partial charge in [0.2, 0.25) is 0 Å². The summed E-state index contributed by atoms with van der Waals surface area (Å²) in [5.74, 6) is -0.0324. The SMILES string of the molecule is O=C(c1nc2ccccn2c1-c1nc2ccc(F)cc2[nH]1)N1CCOCC1. The highest BCUT2D eigenvalue weighted by Crippen LogP contribution is 2.27. The number of carbonyl (C=O) groups is 1. The Morgan fingerprint density at radius 3 is 2.85 bits per heavy atom. The molecule has 0 spiro atoms. The van der Waals surface area contributed by atoms with Gasteiger partial charge in [0.05, 0.1) is 24.2 Å². The average molecular weight is 365 g/mol. The molecule has 27 heavy (non-hydrogen) atoms. The smallest absolute Gasteiger partial charge is 0.275 e. The number of hydrogen-bond donors (Lipinski definition) is 1. The first-order chi connectivity index (χ1) is 13.2. The summed E-state index contributed by atoms with van der Waals surface area (Å²) in [7, 11) is 0. The van der Waals surface area contributed by atoms with Gasteiger partial charge in [-0.25, -0.2) is 14.4 Å². The third-order valence-corrected chi connectivity index (χ3v) is 4.70. The number of H-pyrrole nitrogens is 1. The first kappa shape index (κ1) is 16.0. The number of amides is 1. The number of benzene rings is 1. The lowest BCUT2D eigenvalue weighted by molar-refractivity contribution is 0.0300. The average Bonchev–Trinajstić information content (AvgIpc) is 3.28. The van der Waals surface area contributed by atoms with Gasteiger partial charge in [-0.05, 0) is 30.3 Å². The summed E-state index contributed by atoms with van der Waals surface area (Å²) in [5, 5.41) is 0. The highest BCUT2D eigenvalue weighted by Gasteiger charge is 2.27. The Hall–Kier alpha value is -3.26. The minimum Gasteiger partial charge on any atom is -0.378 e. The Balaban J connectivity index is 1.70. The first-order valence-corrected chi connectivity index (χ1v) is 8.70. The monoisotopic (exact) mass is 365 g/mol. The van der Waals surface area contributed by atoms with Crippen LogP contribution in [0.4, 0.5) is 4.39 Å². The number of aromatic nitrogens is 4. The molecule has 4 heterocycles. The van der Waals surface area contributed by atoms with Crippen LogP contribution in [0, 0.1) is 5.82 Å². The van der Waals surface area contributed by atoms with E-state index in [4.69, 9.17) is 4.74 Å². The summed E-state index contributed by atoms with van der Waals surface area (Å²) in [6.45, 7) is 2.08. The number of halogens is 1. The minimum atomic E-state index is -0.347. The fraction of sp³-hybridized carbons (Fsp3) is 0.211. The van der Waals surface area contributed by atoms with E-state index in [1.807, 2.05) is 28.8 Å². The van der Waals surface area contributed by atoms with Crippen molar-refractivity contribution < 1.29 is 13.9 Å². The summed E-state index contributed by atoms with van der Waals surface area (Å²) >= 11 is 0. The molecule has 0 bridgehead atoms. The van der Waals surface area contributed by atoms with Crippen LogP contribution >= 0.6 is 0 Å². The maximum absolute atomic E-state index is 13.6. The summed E-state index contributed by atoms with van der Waals surface area (Å²) in [4.78, 5) is 27.1. The molecule has 1 N–H and O–H groups in total. The molecule has 0 unspecified atom stereocenters. The Bertz CT molecular complexity index is 1160. The Morgan fingerprint density at radius 1 is 1.15 bits per heavy atom. The van der Waals surface area contributed by atoms with E-state index >= 15 is 0 Å². The van der Waals surface area contributed by atoms with Gasteiger partial charge in [-0.15, -0.1) is 0 Å². The van der Waals surface area contributed by atoms with Gasteiger partial charge in [0.25, 0.3) is 5.91 Å². The second-order valence-corrected chi connectivity index (χ2v) is 6.39. The van der Waals surface area contributed by atoms with Crippen LogP contribution in [0.25, 0.3) is 28.2 Å². The number of rotatable bonds is 2. The highest BCUT2D eigenvalue weighted by molar-refractivity contribution is 5.99. The molecule has 1 fully saturated rings. The molecule has 1 amide bonds. The van der Waals surface area contributed by atoms with Gasteiger partial charge in [-0.2, -0.15) is 0 Å². The third kappa shape index (κ3) is 2.65. The van der Waals surface area contributed by atoms with Crippen LogP contribution in [-0.4, -0.2) is 56.5 Å². The van der Waals surface area contributed by atoms with Crippen molar-refractivity contribution in [2.24, 2.45) is 0 Å². The van der Waals surface area contributed by atoms with Crippen LogP contribution < -0.4 is 0 Å². The lowest BCUT2D eigenvalue weighted by Crippen LogP contribution is -2.41. The Morgan fingerprint density at radius 2 is 2.00 bits per heavy atom. The molecule has 5 rings (SSSR count). The molecule has 7 nitrogen and oxygen atoms in total. The van der Waals surface area contributed by atoms with Crippen LogP contribution in [0.5, 0.6) is 0 Å². The van der Waals surface area contributed by atoms with Crippen molar-refractivity contribution in [2.75, 3.05) is 26.3 Å². The molecule has 3 aromatic heterocycles. The van der Waals surface area contributed by atoms with Crippen LogP contribution in [0.2, 0.25) is 0 Å². The van der Waals surface area contributed by atoms with E-state index in [0.29, 0.717) is 60.2 Å². The second-order valence-electron chi connectivity index (χ2n) is 6.39. The molecule has 0 atom stereocenters. The van der Waals surface area contributed by atoms with Crippen molar-refractivity contribution in [1.29, 1.82) is 0 Å². The van der Waals surface area contributed by atoms with Crippen molar-refractivity contribution in [3.05, 3.63) is 54.1 Å². The number of ether oxygens (including phenoxy) is 1. The van der Waals surface area contributed by atoms with Gasteiger partial charge in [-0.3, -0.25) is 9.20 Å². The predicted octanol–water partition coefficient (Wildman–Crippen LogP) is 2.49. The zero-order chi connectivity index (χ0) is 18.4. The van der Waals surface area contributed by atoms with E-state index in [-0.39, 0.29) is 11.7 Å². The zero-order valence-corrected chi connectivity index (χ0v) is 14.4. The first-order valence-electron chi connectivity index (χ1n) is 8.70. The molecule has 0 radical (unpaired) electrons. The number of morpholine rings is 1. The van der Waals surface area contributed by atoms with Crippen molar-refractivity contribution in [3.63, 3.8) is 0 Å². The summed E-state index contributed by atoms with van der Waals surface area (Å²) in [6, 6.07) is 9.92. The number of pyridine rings is 1. The molecular weight excluding hydrogens is 349 g/mol. The number of fused-ring (bicyclic) bond motifs is 2. The molecule has 1 aliphatic rings. The Labute approximate surface area is 153 Å². The van der Waals surface area contributed by atoms with Gasteiger partial charge in [0.1, 0.15) is 17.2 Å². The van der Waals surface area contributed by atoms with Gasteiger partial charge in [-0.1, -0.05) is 6.07 Å². The fourth-order valence-corrected chi connectivity index (χ4v) is 3.38. The van der Waals surface area contributed by atoms with Gasteiger partial charge < -0.3 is 14.6 Å². The van der Waals surface area contributed by atoms with E-state index in [0.717, 1.165) is 0 Å². The molecule has 1 saturated heterocycles. The van der Waals surface area contributed by atoms with E-state index < -0.39 is 0 Å². The largest absolute Gasteiger partial charge is 0.378 e. The van der Waals surface area contributed by atoms with Gasteiger partial charge in [0, 0.05) is 19.3 Å². The molecular formula is C19H16FN5O2. The van der Waals surface area contributed by atoms with E-state index in [1.165, 1.54) is 12.1 Å². The van der Waals surface area contributed by atoms with Gasteiger partial charge >= 0.3 is 0 Å². The second kappa shape index (κ2) is 6.17. The van der Waals surface area contributed by atoms with Gasteiger partial charge in [0.15, 0.2) is 11.5 Å². The minimum absolute atomic E-state index is 0.163. The maximum Gasteiger partial charge on any atom is 0.275 e. The van der Waals surface area contributed by atoms with Crippen LogP contribution in [0.1, 0.15) is 10.5 Å². The van der Waals surface area contributed by atoms with Crippen LogP contribution in [0.15, 0.2) is 42.6 Å². The zero-order valence-electron chi connectivity index (χ0n) is 14.4. The van der Waals surface area contributed by atoms with E-state index in [9.17, 15) is 9.18 Å². The maximum atomic E-state index is 13.6. The fourth-order valence-electron chi connectivity index (χ4n) is 3.38. The number of aromatic amines is 1. The normalized spacial score (nSPS) is 14.9. The Kier molecular flexibility index (Phi) is 3.64. The lowest BCUT2D eigenvalue weighted by Gasteiger charge is -2.26. The van der Waals surface area contributed by atoms with Crippen LogP contribution in [-0.2, 0) is 4.74 Å². The summed E-state index contributed by atoms with van der Waals surface area (Å²) in [6.07, 6.45) is 1.83. The van der Waals surface area contributed by atoms with Crippen molar-refractivity contribution in [1.82, 2.24) is 24.3 Å². The summed E-state index contributed by atoms with van der Waals surface area (Å²) < 4.78 is 20.7. The van der Waals surface area contributed by atoms with E-state index in [2.05, 4.69) is 15.0 Å². The predicted molar refractivity (Wildman–Crippen MR) is 97.0 cm³/mol. The molecule has 136 valence electrons. The number of hydrogen-bond acceptors (Lipinski definition) is 4. The lowest BCUT2D eigenvalue weighted by atomic mass is 10.2. The number of nitrogens with zero attached hydrogens (tertiary/aromatic N) is 4. The highest BCUT2D eigenvalue weighted by atomic mass is 19.1. The molecule has 4 aromatic rings.